The van der Waals surface area contributed by atoms with Gasteiger partial charge in [-0.1, -0.05) is 12.1 Å². The molecule has 0 spiro atoms. The fourth-order valence-corrected chi connectivity index (χ4v) is 3.72. The van der Waals surface area contributed by atoms with Crippen molar-refractivity contribution in [3.63, 3.8) is 0 Å². The summed E-state index contributed by atoms with van der Waals surface area (Å²) in [5, 5.41) is 30.0. The van der Waals surface area contributed by atoms with Gasteiger partial charge in [-0.05, 0) is 23.8 Å². The van der Waals surface area contributed by atoms with E-state index in [1.807, 2.05) is 11.4 Å². The number of benzene rings is 2. The molecule has 1 amide bonds. The molecule has 0 radical (unpaired) electrons. The van der Waals surface area contributed by atoms with Crippen LogP contribution >= 0.6 is 0 Å². The lowest BCUT2D eigenvalue weighted by molar-refractivity contribution is -0.274. The maximum atomic E-state index is 13.2. The summed E-state index contributed by atoms with van der Waals surface area (Å²) in [7, 11) is 0. The molecular formula is C22H14F3N3O7. The average molecular weight is 489 g/mol. The van der Waals surface area contributed by atoms with E-state index in [2.05, 4.69) is 4.74 Å². The van der Waals surface area contributed by atoms with Gasteiger partial charge < -0.3 is 25.0 Å². The van der Waals surface area contributed by atoms with E-state index in [1.54, 1.807) is 0 Å². The number of carboxylic acids is 1. The second-order valence-corrected chi connectivity index (χ2v) is 7.42. The van der Waals surface area contributed by atoms with Gasteiger partial charge in [0.15, 0.2) is 0 Å². The fraction of sp³-hybridized carbons (Fsp3) is 0.182. The van der Waals surface area contributed by atoms with Crippen LogP contribution in [0.1, 0.15) is 27.6 Å². The summed E-state index contributed by atoms with van der Waals surface area (Å²) in [4.78, 5) is 36.5. The Hall–Kier alpha value is -4.73. The molecule has 1 aliphatic heterocycles. The Kier molecular flexibility index (Phi) is 5.73. The van der Waals surface area contributed by atoms with Gasteiger partial charge >= 0.3 is 12.3 Å². The predicted octanol–water partition coefficient (Wildman–Crippen LogP) is 2.43. The van der Waals surface area contributed by atoms with Gasteiger partial charge in [-0.25, -0.2) is 0 Å². The standard InChI is InChI=1S/C22H14F3N3O7/c23-22(24,25)35-12-5-13-18-14(6-12)34-15(11-3-1-10(7-26)2-4-11)9-28(18)21(33)17(19(13)31)20(32)27-8-16(29)30/h1-6,15,31H,8-9H2,(H,27,32)(H,29,30). The van der Waals surface area contributed by atoms with Crippen molar-refractivity contribution in [1.29, 1.82) is 5.26 Å². The number of hydrogen-bond acceptors (Lipinski definition) is 7. The van der Waals surface area contributed by atoms with Crippen LogP contribution in [0.3, 0.4) is 0 Å². The van der Waals surface area contributed by atoms with Crippen LogP contribution in [0.2, 0.25) is 0 Å². The number of rotatable bonds is 5. The highest BCUT2D eigenvalue weighted by Gasteiger charge is 2.34. The molecular weight excluding hydrogens is 475 g/mol. The highest BCUT2D eigenvalue weighted by atomic mass is 19.4. The van der Waals surface area contributed by atoms with Gasteiger partial charge in [-0.15, -0.1) is 13.2 Å². The molecule has 1 aliphatic rings. The number of pyridine rings is 1. The topological polar surface area (TPSA) is 151 Å². The molecule has 1 aromatic heterocycles. The molecule has 10 nitrogen and oxygen atoms in total. The highest BCUT2D eigenvalue weighted by Crippen LogP contribution is 2.42. The summed E-state index contributed by atoms with van der Waals surface area (Å²) in [5.74, 6) is -4.62. The number of ether oxygens (including phenoxy) is 2. The Morgan fingerprint density at radius 3 is 2.54 bits per heavy atom. The zero-order valence-corrected chi connectivity index (χ0v) is 17.4. The van der Waals surface area contributed by atoms with E-state index < -0.39 is 53.5 Å². The largest absolute Gasteiger partial charge is 0.573 e. The lowest BCUT2D eigenvalue weighted by Gasteiger charge is -2.29. The predicted molar refractivity (Wildman–Crippen MR) is 111 cm³/mol. The summed E-state index contributed by atoms with van der Waals surface area (Å²) in [6.45, 7) is -1.07. The normalized spacial score (nSPS) is 14.6. The number of carbonyl (C=O) groups is 2. The van der Waals surface area contributed by atoms with E-state index in [4.69, 9.17) is 15.1 Å². The maximum Gasteiger partial charge on any atom is 0.573 e. The summed E-state index contributed by atoms with van der Waals surface area (Å²) < 4.78 is 49.5. The van der Waals surface area contributed by atoms with Crippen LogP contribution in [-0.4, -0.2) is 39.6 Å². The van der Waals surface area contributed by atoms with Gasteiger partial charge in [0.25, 0.3) is 11.5 Å². The van der Waals surface area contributed by atoms with Crippen LogP contribution in [0.25, 0.3) is 10.9 Å². The molecule has 3 aromatic rings. The quantitative estimate of drug-likeness (QED) is 0.494. The van der Waals surface area contributed by atoms with Crippen LogP contribution < -0.4 is 20.3 Å². The molecule has 0 saturated heterocycles. The van der Waals surface area contributed by atoms with Crippen LogP contribution in [-0.2, 0) is 11.3 Å². The molecule has 0 bridgehead atoms. The highest BCUT2D eigenvalue weighted by molar-refractivity contribution is 6.04. The maximum absolute atomic E-state index is 13.2. The average Bonchev–Trinajstić information content (AvgIpc) is 2.79. The van der Waals surface area contributed by atoms with Gasteiger partial charge in [0.1, 0.15) is 35.5 Å². The Balaban J connectivity index is 1.92. The number of nitrogens with zero attached hydrogens (tertiary/aromatic N) is 2. The summed E-state index contributed by atoms with van der Waals surface area (Å²) in [5.41, 5.74) is -1.13. The number of aromatic hydroxyl groups is 1. The van der Waals surface area contributed by atoms with Crippen molar-refractivity contribution in [2.45, 2.75) is 19.0 Å². The Labute approximate surface area is 193 Å². The minimum absolute atomic E-state index is 0.0818. The van der Waals surface area contributed by atoms with Crippen LogP contribution in [0.15, 0.2) is 41.2 Å². The third-order valence-electron chi connectivity index (χ3n) is 5.16. The smallest absolute Gasteiger partial charge is 0.506 e. The van der Waals surface area contributed by atoms with Crippen molar-refractivity contribution < 1.29 is 42.4 Å². The Bertz CT molecular complexity index is 1460. The molecule has 0 saturated carbocycles. The second kappa shape index (κ2) is 8.56. The van der Waals surface area contributed by atoms with Crippen molar-refractivity contribution in [2.24, 2.45) is 0 Å². The zero-order chi connectivity index (χ0) is 25.5. The number of halogens is 3. The SMILES string of the molecule is N#Cc1ccc(C2Cn3c(=O)c(C(=O)NCC(=O)O)c(O)c4cc(OC(F)(F)F)cc(c43)O2)cc1. The monoisotopic (exact) mass is 489 g/mol. The van der Waals surface area contributed by atoms with E-state index in [0.29, 0.717) is 11.1 Å². The number of aromatic nitrogens is 1. The van der Waals surface area contributed by atoms with E-state index in [9.17, 15) is 32.7 Å². The summed E-state index contributed by atoms with van der Waals surface area (Å²) >= 11 is 0. The zero-order valence-electron chi connectivity index (χ0n) is 17.4. The van der Waals surface area contributed by atoms with Crippen LogP contribution in [0.5, 0.6) is 17.2 Å². The number of alkyl halides is 3. The third-order valence-corrected chi connectivity index (χ3v) is 5.16. The van der Waals surface area contributed by atoms with Gasteiger partial charge in [-0.3, -0.25) is 19.0 Å². The number of hydrogen-bond donors (Lipinski definition) is 3. The first-order valence-electron chi connectivity index (χ1n) is 9.84. The van der Waals surface area contributed by atoms with Crippen molar-refractivity contribution in [2.75, 3.05) is 6.54 Å². The molecule has 35 heavy (non-hydrogen) atoms. The Morgan fingerprint density at radius 2 is 1.94 bits per heavy atom. The molecule has 4 rings (SSSR count). The number of nitrogens with one attached hydrogen (secondary N) is 1. The fourth-order valence-electron chi connectivity index (χ4n) is 3.72. The van der Waals surface area contributed by atoms with E-state index >= 15 is 0 Å². The Morgan fingerprint density at radius 1 is 1.26 bits per heavy atom. The van der Waals surface area contributed by atoms with Gasteiger partial charge in [0, 0.05) is 11.5 Å². The van der Waals surface area contributed by atoms with E-state index in [0.717, 1.165) is 16.7 Å². The van der Waals surface area contributed by atoms with E-state index in [1.165, 1.54) is 24.3 Å². The first kappa shape index (κ1) is 23.4. The second-order valence-electron chi connectivity index (χ2n) is 7.42. The number of nitriles is 1. The minimum atomic E-state index is -5.09. The molecule has 0 aliphatic carbocycles. The van der Waals surface area contributed by atoms with Crippen molar-refractivity contribution >= 4 is 22.8 Å². The summed E-state index contributed by atoms with van der Waals surface area (Å²) in [6.07, 6.45) is -6.01. The molecule has 0 fully saturated rings. The molecule has 1 unspecified atom stereocenters. The number of carboxylic acid groups (broad SMARTS) is 1. The van der Waals surface area contributed by atoms with Gasteiger partial charge in [0.05, 0.1) is 23.7 Å². The molecule has 3 N–H and O–H groups in total. The molecule has 2 aromatic carbocycles. The lowest BCUT2D eigenvalue weighted by Crippen LogP contribution is -2.38. The van der Waals surface area contributed by atoms with Crippen molar-refractivity contribution in [3.8, 4) is 23.3 Å². The molecule has 2 heterocycles. The molecule has 1 atom stereocenters. The first-order valence-corrected chi connectivity index (χ1v) is 9.84. The summed E-state index contributed by atoms with van der Waals surface area (Å²) in [6, 6.07) is 9.66. The minimum Gasteiger partial charge on any atom is -0.506 e. The lowest BCUT2D eigenvalue weighted by atomic mass is 10.0. The van der Waals surface area contributed by atoms with Gasteiger partial charge in [-0.2, -0.15) is 5.26 Å². The molecule has 180 valence electrons. The van der Waals surface area contributed by atoms with E-state index in [-0.39, 0.29) is 23.2 Å². The van der Waals surface area contributed by atoms with Gasteiger partial charge in [0.2, 0.25) is 0 Å². The molecule has 13 heteroatoms. The van der Waals surface area contributed by atoms with Crippen molar-refractivity contribution in [3.05, 3.63) is 63.4 Å². The number of aliphatic carboxylic acids is 1. The number of carbonyl (C=O) groups excluding carboxylic acids is 1. The first-order chi connectivity index (χ1) is 16.5. The third kappa shape index (κ3) is 4.54. The van der Waals surface area contributed by atoms with Crippen LogP contribution in [0.4, 0.5) is 13.2 Å². The number of amides is 1. The van der Waals surface area contributed by atoms with Crippen LogP contribution in [0, 0.1) is 11.3 Å². The van der Waals surface area contributed by atoms with Crippen molar-refractivity contribution in [1.82, 2.24) is 9.88 Å².